The van der Waals surface area contributed by atoms with E-state index < -0.39 is 18.0 Å². The minimum Gasteiger partial charge on any atom is -0.461 e. The quantitative estimate of drug-likeness (QED) is 0.777. The molecule has 1 aromatic heterocycles. The van der Waals surface area contributed by atoms with Gasteiger partial charge in [0, 0.05) is 18.8 Å². The second kappa shape index (κ2) is 4.56. The Balaban J connectivity index is 2.87. The van der Waals surface area contributed by atoms with E-state index in [1.54, 1.807) is 0 Å². The molecule has 0 amide bonds. The Hall–Kier alpha value is -1.50. The number of aromatic nitrogens is 2. The molecule has 1 atom stereocenters. The maximum Gasteiger partial charge on any atom is 0.380 e. The highest BCUT2D eigenvalue weighted by Crippen LogP contribution is 2.32. The first-order valence-electron chi connectivity index (χ1n) is 4.61. The molecule has 0 aliphatic carbocycles. The molecule has 0 radical (unpaired) electrons. The molecule has 0 aliphatic heterocycles. The lowest BCUT2D eigenvalue weighted by molar-refractivity contribution is -0.189. The Labute approximate surface area is 90.6 Å². The molecule has 0 fully saturated rings. The summed E-state index contributed by atoms with van der Waals surface area (Å²) in [5, 5.41) is 13.0. The van der Waals surface area contributed by atoms with Crippen molar-refractivity contribution in [2.24, 2.45) is 7.05 Å². The highest BCUT2D eigenvalue weighted by Gasteiger charge is 2.49. The molecular formula is C9H12F2N2O3. The number of hydrogen-bond donors (Lipinski definition) is 1. The average molecular weight is 234 g/mol. The number of rotatable bonds is 4. The third-order valence-electron chi connectivity index (χ3n) is 1.93. The standard InChI is InChI=1S/C9H12F2N2O3/c1-3-16-8(15)9(10,11)7(14)6-4-12-13(2)5-6/h4-5,7,14H,3H2,1-2H3. The van der Waals surface area contributed by atoms with Gasteiger partial charge < -0.3 is 9.84 Å². The number of aryl methyl sites for hydroxylation is 1. The smallest absolute Gasteiger partial charge is 0.380 e. The number of halogens is 2. The van der Waals surface area contributed by atoms with Gasteiger partial charge in [-0.25, -0.2) is 4.79 Å². The van der Waals surface area contributed by atoms with E-state index in [0.29, 0.717) is 0 Å². The Morgan fingerprint density at radius 3 is 2.81 bits per heavy atom. The summed E-state index contributed by atoms with van der Waals surface area (Å²) in [4.78, 5) is 10.9. The molecule has 0 bridgehead atoms. The van der Waals surface area contributed by atoms with E-state index in [-0.39, 0.29) is 12.2 Å². The fourth-order valence-electron chi connectivity index (χ4n) is 1.13. The van der Waals surface area contributed by atoms with Gasteiger partial charge in [-0.2, -0.15) is 13.9 Å². The maximum atomic E-state index is 13.3. The molecule has 1 unspecified atom stereocenters. The van der Waals surface area contributed by atoms with Crippen molar-refractivity contribution in [3.05, 3.63) is 18.0 Å². The number of nitrogens with zero attached hydrogens (tertiary/aromatic N) is 2. The summed E-state index contributed by atoms with van der Waals surface area (Å²) in [5.41, 5.74) is -0.138. The van der Waals surface area contributed by atoms with Crippen LogP contribution in [-0.4, -0.2) is 33.4 Å². The van der Waals surface area contributed by atoms with Crippen molar-refractivity contribution in [2.45, 2.75) is 19.0 Å². The molecule has 16 heavy (non-hydrogen) atoms. The van der Waals surface area contributed by atoms with Crippen LogP contribution in [0.15, 0.2) is 12.4 Å². The van der Waals surface area contributed by atoms with Crippen molar-refractivity contribution in [1.29, 1.82) is 0 Å². The van der Waals surface area contributed by atoms with Gasteiger partial charge in [-0.1, -0.05) is 0 Å². The summed E-state index contributed by atoms with van der Waals surface area (Å²) < 4.78 is 32.1. The van der Waals surface area contributed by atoms with Crippen LogP contribution >= 0.6 is 0 Å². The molecule has 0 spiro atoms. The summed E-state index contributed by atoms with van der Waals surface area (Å²) in [6.07, 6.45) is 0.0236. The lowest BCUT2D eigenvalue weighted by Crippen LogP contribution is -2.37. The first-order valence-corrected chi connectivity index (χ1v) is 4.61. The minimum absolute atomic E-state index is 0.138. The third-order valence-corrected chi connectivity index (χ3v) is 1.93. The molecule has 1 aromatic rings. The normalized spacial score (nSPS) is 13.6. The first-order chi connectivity index (χ1) is 7.39. The zero-order chi connectivity index (χ0) is 12.3. The molecule has 90 valence electrons. The van der Waals surface area contributed by atoms with Gasteiger partial charge in [0.25, 0.3) is 0 Å². The number of hydrogen-bond acceptors (Lipinski definition) is 4. The van der Waals surface area contributed by atoms with Crippen LogP contribution in [0.2, 0.25) is 0 Å². The maximum absolute atomic E-state index is 13.3. The fraction of sp³-hybridized carbons (Fsp3) is 0.556. The van der Waals surface area contributed by atoms with E-state index in [0.717, 1.165) is 6.20 Å². The highest BCUT2D eigenvalue weighted by molar-refractivity contribution is 5.78. The molecule has 1 N–H and O–H groups in total. The number of alkyl halides is 2. The van der Waals surface area contributed by atoms with E-state index >= 15 is 0 Å². The molecule has 0 aliphatic rings. The Morgan fingerprint density at radius 1 is 1.75 bits per heavy atom. The van der Waals surface area contributed by atoms with Crippen LogP contribution in [0.1, 0.15) is 18.6 Å². The minimum atomic E-state index is -3.97. The molecule has 1 rings (SSSR count). The van der Waals surface area contributed by atoms with E-state index in [4.69, 9.17) is 0 Å². The predicted molar refractivity (Wildman–Crippen MR) is 49.7 cm³/mol. The fourth-order valence-corrected chi connectivity index (χ4v) is 1.13. The van der Waals surface area contributed by atoms with Crippen molar-refractivity contribution in [2.75, 3.05) is 6.61 Å². The highest BCUT2D eigenvalue weighted by atomic mass is 19.3. The molecule has 0 saturated heterocycles. The van der Waals surface area contributed by atoms with E-state index in [1.807, 2.05) is 0 Å². The van der Waals surface area contributed by atoms with Crippen LogP contribution in [0.25, 0.3) is 0 Å². The molecule has 0 aromatic carbocycles. The molecule has 5 nitrogen and oxygen atoms in total. The molecule has 0 saturated carbocycles. The largest absolute Gasteiger partial charge is 0.461 e. The van der Waals surface area contributed by atoms with Gasteiger partial charge in [0.15, 0.2) is 6.10 Å². The van der Waals surface area contributed by atoms with Crippen molar-refractivity contribution in [1.82, 2.24) is 9.78 Å². The van der Waals surface area contributed by atoms with Gasteiger partial charge >= 0.3 is 11.9 Å². The number of aliphatic hydroxyl groups is 1. The molecule has 1 heterocycles. The lowest BCUT2D eigenvalue weighted by atomic mass is 10.1. The number of esters is 1. The van der Waals surface area contributed by atoms with Crippen molar-refractivity contribution < 1.29 is 23.4 Å². The van der Waals surface area contributed by atoms with E-state index in [2.05, 4.69) is 9.84 Å². The van der Waals surface area contributed by atoms with Gasteiger partial charge in [0.1, 0.15) is 0 Å². The molecule has 7 heteroatoms. The molecular weight excluding hydrogens is 222 g/mol. The van der Waals surface area contributed by atoms with Crippen LogP contribution in [-0.2, 0) is 16.6 Å². The zero-order valence-electron chi connectivity index (χ0n) is 8.85. The number of carbonyl (C=O) groups is 1. The van der Waals surface area contributed by atoms with Gasteiger partial charge in [-0.3, -0.25) is 4.68 Å². The summed E-state index contributed by atoms with van der Waals surface area (Å²) in [6.45, 7) is 1.23. The van der Waals surface area contributed by atoms with Crippen LogP contribution in [0.5, 0.6) is 0 Å². The van der Waals surface area contributed by atoms with Gasteiger partial charge in [-0.05, 0) is 6.92 Å². The summed E-state index contributed by atoms with van der Waals surface area (Å²) >= 11 is 0. The summed E-state index contributed by atoms with van der Waals surface area (Å²) in [5.74, 6) is -5.72. The SMILES string of the molecule is CCOC(=O)C(F)(F)C(O)c1cnn(C)c1. The second-order valence-corrected chi connectivity index (χ2v) is 3.19. The van der Waals surface area contributed by atoms with Crippen molar-refractivity contribution in [3.8, 4) is 0 Å². The Kier molecular flexibility index (Phi) is 3.58. The Bertz CT molecular complexity index is 379. The van der Waals surface area contributed by atoms with Gasteiger partial charge in [0.05, 0.1) is 12.8 Å². The number of aliphatic hydroxyl groups excluding tert-OH is 1. The van der Waals surface area contributed by atoms with E-state index in [1.165, 1.54) is 24.9 Å². The van der Waals surface area contributed by atoms with Crippen LogP contribution in [0.4, 0.5) is 8.78 Å². The van der Waals surface area contributed by atoms with Crippen LogP contribution in [0, 0.1) is 0 Å². The van der Waals surface area contributed by atoms with Crippen molar-refractivity contribution >= 4 is 5.97 Å². The summed E-state index contributed by atoms with van der Waals surface area (Å²) in [7, 11) is 1.51. The third kappa shape index (κ3) is 2.35. The average Bonchev–Trinajstić information content (AvgIpc) is 2.64. The lowest BCUT2D eigenvalue weighted by Gasteiger charge is -2.19. The number of ether oxygens (including phenoxy) is 1. The van der Waals surface area contributed by atoms with Crippen LogP contribution < -0.4 is 0 Å². The topological polar surface area (TPSA) is 64.3 Å². The zero-order valence-corrected chi connectivity index (χ0v) is 8.85. The summed E-state index contributed by atoms with van der Waals surface area (Å²) in [6, 6.07) is 0. The number of carbonyl (C=O) groups excluding carboxylic acids is 1. The Morgan fingerprint density at radius 2 is 2.38 bits per heavy atom. The van der Waals surface area contributed by atoms with Crippen LogP contribution in [0.3, 0.4) is 0 Å². The second-order valence-electron chi connectivity index (χ2n) is 3.19. The van der Waals surface area contributed by atoms with E-state index in [9.17, 15) is 18.7 Å². The van der Waals surface area contributed by atoms with Gasteiger partial charge in [0.2, 0.25) is 0 Å². The van der Waals surface area contributed by atoms with Crippen molar-refractivity contribution in [3.63, 3.8) is 0 Å². The predicted octanol–water partition coefficient (Wildman–Crippen LogP) is 0.652. The first kappa shape index (κ1) is 12.6. The van der Waals surface area contributed by atoms with Gasteiger partial charge in [-0.15, -0.1) is 0 Å². The monoisotopic (exact) mass is 234 g/mol.